The summed E-state index contributed by atoms with van der Waals surface area (Å²) in [5.74, 6) is 0.954. The molecule has 0 spiro atoms. The molecule has 0 N–H and O–H groups in total. The van der Waals surface area contributed by atoms with Gasteiger partial charge in [-0.25, -0.2) is 9.79 Å². The van der Waals surface area contributed by atoms with Gasteiger partial charge in [0.25, 0.3) is 0 Å². The maximum absolute atomic E-state index is 10.0. The molecule has 0 aromatic heterocycles. The lowest BCUT2D eigenvalue weighted by Crippen LogP contribution is -2.32. The fraction of sp³-hybridized carbons (Fsp3) is 0.462. The lowest BCUT2D eigenvalue weighted by atomic mass is 9.93. The summed E-state index contributed by atoms with van der Waals surface area (Å²) in [5, 5.41) is 0. The van der Waals surface area contributed by atoms with Crippen LogP contribution < -0.4 is 4.74 Å². The van der Waals surface area contributed by atoms with E-state index in [1.165, 1.54) is 5.56 Å². The summed E-state index contributed by atoms with van der Waals surface area (Å²) in [6.07, 6.45) is 3.58. The van der Waals surface area contributed by atoms with Gasteiger partial charge in [0.2, 0.25) is 6.08 Å². The molecule has 0 aliphatic carbocycles. The van der Waals surface area contributed by atoms with Crippen molar-refractivity contribution in [1.82, 2.24) is 0 Å². The Bertz CT molecular complexity index is 445. The van der Waals surface area contributed by atoms with E-state index >= 15 is 0 Å². The number of carbonyl (C=O) groups excluding carboxylic acids is 1. The van der Waals surface area contributed by atoms with E-state index in [-0.39, 0.29) is 5.60 Å². The van der Waals surface area contributed by atoms with E-state index in [9.17, 15) is 4.79 Å². The van der Waals surface area contributed by atoms with Gasteiger partial charge in [0.15, 0.2) is 0 Å². The van der Waals surface area contributed by atoms with Crippen LogP contribution in [0.2, 0.25) is 0 Å². The van der Waals surface area contributed by atoms with Crippen molar-refractivity contribution < 1.29 is 9.53 Å². The number of benzene rings is 1. The minimum atomic E-state index is -0.0739. The first-order chi connectivity index (χ1) is 7.61. The first kappa shape index (κ1) is 10.9. The molecule has 1 aromatic carbocycles. The van der Waals surface area contributed by atoms with Crippen LogP contribution in [-0.4, -0.2) is 11.7 Å². The summed E-state index contributed by atoms with van der Waals surface area (Å²) in [4.78, 5) is 13.6. The molecular formula is C13H15NO2. The highest BCUT2D eigenvalue weighted by molar-refractivity contribution is 5.40. The molecule has 1 heterocycles. The smallest absolute Gasteiger partial charge is 0.235 e. The summed E-state index contributed by atoms with van der Waals surface area (Å²) in [7, 11) is 0. The van der Waals surface area contributed by atoms with E-state index in [4.69, 9.17) is 4.74 Å². The molecule has 0 bridgehead atoms. The number of fused-ring (bicyclic) bond motifs is 1. The predicted octanol–water partition coefficient (Wildman–Crippen LogP) is 2.63. The van der Waals surface area contributed by atoms with E-state index in [1.807, 2.05) is 12.1 Å². The zero-order valence-electron chi connectivity index (χ0n) is 9.62. The van der Waals surface area contributed by atoms with Gasteiger partial charge < -0.3 is 4.74 Å². The Balaban J connectivity index is 2.24. The van der Waals surface area contributed by atoms with Crippen LogP contribution in [0.15, 0.2) is 23.2 Å². The number of hydrogen-bond acceptors (Lipinski definition) is 3. The van der Waals surface area contributed by atoms with Crippen molar-refractivity contribution in [3.63, 3.8) is 0 Å². The molecule has 3 heteroatoms. The van der Waals surface area contributed by atoms with E-state index in [0.29, 0.717) is 6.54 Å². The number of ether oxygens (including phenoxy) is 1. The van der Waals surface area contributed by atoms with E-state index in [2.05, 4.69) is 24.9 Å². The quantitative estimate of drug-likeness (QED) is 0.564. The van der Waals surface area contributed by atoms with Crippen molar-refractivity contribution in [1.29, 1.82) is 0 Å². The molecule has 0 amide bonds. The first-order valence-corrected chi connectivity index (χ1v) is 5.45. The first-order valence-electron chi connectivity index (χ1n) is 5.45. The molecule has 1 aromatic rings. The van der Waals surface area contributed by atoms with Crippen LogP contribution in [0.25, 0.3) is 0 Å². The highest BCUT2D eigenvalue weighted by Crippen LogP contribution is 2.33. The Hall–Kier alpha value is -1.60. The molecule has 16 heavy (non-hydrogen) atoms. The standard InChI is InChI=1S/C13H15NO2/c1-13(2)6-5-11-7-10(8-14-9-15)3-4-12(11)16-13/h3-4,7H,5-6,8H2,1-2H3. The van der Waals surface area contributed by atoms with Crippen LogP contribution in [0.3, 0.4) is 0 Å². The lowest BCUT2D eigenvalue weighted by Gasteiger charge is -2.32. The van der Waals surface area contributed by atoms with Gasteiger partial charge in [0.1, 0.15) is 11.4 Å². The predicted molar refractivity (Wildman–Crippen MR) is 61.3 cm³/mol. The molecule has 2 rings (SSSR count). The topological polar surface area (TPSA) is 38.7 Å². The van der Waals surface area contributed by atoms with Crippen molar-refractivity contribution in [2.45, 2.75) is 38.8 Å². The van der Waals surface area contributed by atoms with Gasteiger partial charge in [0.05, 0.1) is 6.54 Å². The molecule has 0 fully saturated rings. The molecule has 1 aliphatic rings. The number of nitrogens with zero attached hydrogens (tertiary/aromatic N) is 1. The Labute approximate surface area is 95.2 Å². The Morgan fingerprint density at radius 1 is 1.50 bits per heavy atom. The SMILES string of the molecule is CC1(C)CCc2cc(CN=C=O)ccc2O1. The largest absolute Gasteiger partial charge is 0.488 e. The molecule has 0 saturated heterocycles. The molecule has 0 radical (unpaired) electrons. The Kier molecular flexibility index (Phi) is 2.80. The maximum atomic E-state index is 10.0. The van der Waals surface area contributed by atoms with E-state index < -0.39 is 0 Å². The second-order valence-electron chi connectivity index (χ2n) is 4.71. The van der Waals surface area contributed by atoms with Crippen molar-refractivity contribution in [2.75, 3.05) is 0 Å². The summed E-state index contributed by atoms with van der Waals surface area (Å²) in [5.41, 5.74) is 2.17. The number of isocyanates is 1. The lowest BCUT2D eigenvalue weighted by molar-refractivity contribution is 0.0846. The molecule has 0 saturated carbocycles. The molecule has 84 valence electrons. The van der Waals surface area contributed by atoms with Crippen molar-refractivity contribution in [2.24, 2.45) is 4.99 Å². The van der Waals surface area contributed by atoms with Crippen LogP contribution in [0, 0.1) is 0 Å². The fourth-order valence-electron chi connectivity index (χ4n) is 1.93. The van der Waals surface area contributed by atoms with Crippen LogP contribution in [-0.2, 0) is 17.8 Å². The van der Waals surface area contributed by atoms with Gasteiger partial charge >= 0.3 is 0 Å². The second kappa shape index (κ2) is 4.11. The molecule has 3 nitrogen and oxygen atoms in total. The summed E-state index contributed by atoms with van der Waals surface area (Å²) >= 11 is 0. The highest BCUT2D eigenvalue weighted by Gasteiger charge is 2.26. The third kappa shape index (κ3) is 2.31. The Morgan fingerprint density at radius 2 is 2.31 bits per heavy atom. The normalized spacial score (nSPS) is 16.9. The van der Waals surface area contributed by atoms with Gasteiger partial charge in [0, 0.05) is 0 Å². The van der Waals surface area contributed by atoms with Gasteiger partial charge in [-0.1, -0.05) is 12.1 Å². The zero-order chi connectivity index (χ0) is 11.6. The number of aliphatic imine (C=N–C) groups is 1. The average Bonchev–Trinajstić information content (AvgIpc) is 2.25. The number of hydrogen-bond donors (Lipinski definition) is 0. The molecule has 1 aliphatic heterocycles. The number of aryl methyl sites for hydroxylation is 1. The van der Waals surface area contributed by atoms with E-state index in [1.54, 1.807) is 6.08 Å². The third-order valence-corrected chi connectivity index (χ3v) is 2.83. The minimum Gasteiger partial charge on any atom is -0.488 e. The Morgan fingerprint density at radius 3 is 3.06 bits per heavy atom. The van der Waals surface area contributed by atoms with Gasteiger partial charge in [-0.2, -0.15) is 0 Å². The van der Waals surface area contributed by atoms with Crippen LogP contribution in [0.1, 0.15) is 31.4 Å². The van der Waals surface area contributed by atoms with Gasteiger partial charge in [-0.05, 0) is 43.9 Å². The van der Waals surface area contributed by atoms with Gasteiger partial charge in [-0.15, -0.1) is 0 Å². The summed E-state index contributed by atoms with van der Waals surface area (Å²) in [6, 6.07) is 5.97. The third-order valence-electron chi connectivity index (χ3n) is 2.83. The van der Waals surface area contributed by atoms with Crippen LogP contribution in [0.4, 0.5) is 0 Å². The summed E-state index contributed by atoms with van der Waals surface area (Å²) in [6.45, 7) is 4.60. The maximum Gasteiger partial charge on any atom is 0.235 e. The van der Waals surface area contributed by atoms with Gasteiger partial charge in [-0.3, -0.25) is 0 Å². The average molecular weight is 217 g/mol. The molecule has 0 unspecified atom stereocenters. The van der Waals surface area contributed by atoms with Crippen molar-refractivity contribution in [3.8, 4) is 5.75 Å². The number of rotatable bonds is 2. The fourth-order valence-corrected chi connectivity index (χ4v) is 1.93. The van der Waals surface area contributed by atoms with Crippen molar-refractivity contribution in [3.05, 3.63) is 29.3 Å². The van der Waals surface area contributed by atoms with Crippen LogP contribution >= 0.6 is 0 Å². The van der Waals surface area contributed by atoms with Crippen molar-refractivity contribution >= 4 is 6.08 Å². The summed E-state index contributed by atoms with van der Waals surface area (Å²) < 4.78 is 5.87. The minimum absolute atomic E-state index is 0.0739. The molecular weight excluding hydrogens is 202 g/mol. The highest BCUT2D eigenvalue weighted by atomic mass is 16.5. The second-order valence-corrected chi connectivity index (χ2v) is 4.71. The monoisotopic (exact) mass is 217 g/mol. The van der Waals surface area contributed by atoms with E-state index in [0.717, 1.165) is 24.2 Å². The molecule has 0 atom stereocenters. The zero-order valence-corrected chi connectivity index (χ0v) is 9.62. The van der Waals surface area contributed by atoms with Crippen LogP contribution in [0.5, 0.6) is 5.75 Å².